The Bertz CT molecular complexity index is 1080. The molecular weight excluding hydrogens is 386 g/mol. The average molecular weight is 410 g/mol. The predicted octanol–water partition coefficient (Wildman–Crippen LogP) is 5.57. The molecule has 150 valence electrons. The average Bonchev–Trinajstić information content (AvgIpc) is 3.11. The van der Waals surface area contributed by atoms with Gasteiger partial charge in [-0.2, -0.15) is 5.10 Å². The minimum absolute atomic E-state index is 0.0753. The fraction of sp³-hybridized carbons (Fsp3) is 0.304. The van der Waals surface area contributed by atoms with Crippen molar-refractivity contribution in [2.45, 2.75) is 38.6 Å². The summed E-state index contributed by atoms with van der Waals surface area (Å²) in [6.07, 6.45) is 2.63. The number of hydrogen-bond donors (Lipinski definition) is 1. The molecular formula is C23H24ClN3O2. The van der Waals surface area contributed by atoms with E-state index in [4.69, 9.17) is 16.0 Å². The number of carbonyl (C=O) groups excluding carboxylic acids is 1. The largest absolute Gasteiger partial charge is 0.451 e. The molecule has 1 atom stereocenters. The Morgan fingerprint density at radius 2 is 2.07 bits per heavy atom. The van der Waals surface area contributed by atoms with Crippen molar-refractivity contribution in [1.29, 1.82) is 0 Å². The Morgan fingerprint density at radius 3 is 2.83 bits per heavy atom. The van der Waals surface area contributed by atoms with Crippen molar-refractivity contribution in [3.63, 3.8) is 0 Å². The molecule has 0 spiro atoms. The number of carbonyl (C=O) groups is 1. The molecule has 0 saturated carbocycles. The number of rotatable bonds is 3. The SMILES string of the molecule is CC1CC(C)(C)N(C)c2cc(Cl)c(/C=N/NC(=O)c3cc4ccccc4o3)cc21. The minimum atomic E-state index is -0.401. The molecule has 29 heavy (non-hydrogen) atoms. The van der Waals surface area contributed by atoms with Gasteiger partial charge in [0.2, 0.25) is 0 Å². The van der Waals surface area contributed by atoms with Crippen LogP contribution in [0.3, 0.4) is 0 Å². The number of nitrogens with zero attached hydrogens (tertiary/aromatic N) is 2. The van der Waals surface area contributed by atoms with E-state index in [2.05, 4.69) is 49.3 Å². The highest BCUT2D eigenvalue weighted by atomic mass is 35.5. The van der Waals surface area contributed by atoms with Crippen LogP contribution in [0.15, 0.2) is 52.0 Å². The normalized spacial score (nSPS) is 18.2. The third-order valence-corrected chi connectivity index (χ3v) is 6.10. The fourth-order valence-corrected chi connectivity index (χ4v) is 4.22. The lowest BCUT2D eigenvalue weighted by molar-refractivity contribution is 0.0929. The first kappa shape index (κ1) is 19.5. The van der Waals surface area contributed by atoms with Gasteiger partial charge in [-0.1, -0.05) is 36.7 Å². The summed E-state index contributed by atoms with van der Waals surface area (Å²) >= 11 is 6.50. The van der Waals surface area contributed by atoms with E-state index in [1.807, 2.05) is 30.3 Å². The van der Waals surface area contributed by atoms with Gasteiger partial charge in [-0.15, -0.1) is 0 Å². The highest BCUT2D eigenvalue weighted by Crippen LogP contribution is 2.44. The van der Waals surface area contributed by atoms with E-state index in [1.54, 1.807) is 12.3 Å². The smallest absolute Gasteiger partial charge is 0.307 e. The zero-order chi connectivity index (χ0) is 20.8. The van der Waals surface area contributed by atoms with Gasteiger partial charge < -0.3 is 9.32 Å². The van der Waals surface area contributed by atoms with Crippen molar-refractivity contribution in [3.05, 3.63) is 64.4 Å². The van der Waals surface area contributed by atoms with Crippen molar-refractivity contribution in [2.75, 3.05) is 11.9 Å². The number of nitrogens with one attached hydrogen (secondary N) is 1. The quantitative estimate of drug-likeness (QED) is 0.454. The first-order chi connectivity index (χ1) is 13.8. The summed E-state index contributed by atoms with van der Waals surface area (Å²) in [6, 6.07) is 13.2. The summed E-state index contributed by atoms with van der Waals surface area (Å²) in [5.41, 5.74) is 6.41. The Morgan fingerprint density at radius 1 is 1.31 bits per heavy atom. The van der Waals surface area contributed by atoms with E-state index >= 15 is 0 Å². The van der Waals surface area contributed by atoms with Crippen LogP contribution in [0, 0.1) is 0 Å². The maximum absolute atomic E-state index is 12.3. The number of para-hydroxylation sites is 1. The molecule has 2 aromatic carbocycles. The van der Waals surface area contributed by atoms with E-state index in [9.17, 15) is 4.79 Å². The molecule has 0 radical (unpaired) electrons. The molecule has 6 heteroatoms. The van der Waals surface area contributed by atoms with Crippen molar-refractivity contribution in [2.24, 2.45) is 5.10 Å². The molecule has 1 unspecified atom stereocenters. The summed E-state index contributed by atoms with van der Waals surface area (Å²) in [7, 11) is 2.10. The van der Waals surface area contributed by atoms with Crippen LogP contribution < -0.4 is 10.3 Å². The first-order valence-electron chi connectivity index (χ1n) is 9.65. The van der Waals surface area contributed by atoms with Gasteiger partial charge in [0.1, 0.15) is 5.58 Å². The molecule has 1 amide bonds. The second-order valence-corrected chi connectivity index (χ2v) is 8.66. The van der Waals surface area contributed by atoms with Gasteiger partial charge in [-0.3, -0.25) is 4.79 Å². The first-order valence-corrected chi connectivity index (χ1v) is 10.0. The van der Waals surface area contributed by atoms with Crippen LogP contribution in [-0.4, -0.2) is 24.7 Å². The monoisotopic (exact) mass is 409 g/mol. The Labute approximate surface area is 175 Å². The fourth-order valence-electron chi connectivity index (χ4n) is 4.01. The molecule has 1 aromatic heterocycles. The number of amides is 1. The van der Waals surface area contributed by atoms with Gasteiger partial charge in [0.05, 0.1) is 11.2 Å². The molecule has 0 fully saturated rings. The minimum Gasteiger partial charge on any atom is -0.451 e. The number of furan rings is 1. The van der Waals surface area contributed by atoms with Crippen molar-refractivity contribution in [1.82, 2.24) is 5.43 Å². The molecule has 1 N–H and O–H groups in total. The lowest BCUT2D eigenvalue weighted by atomic mass is 9.80. The van der Waals surface area contributed by atoms with Crippen LogP contribution in [0.1, 0.15) is 54.8 Å². The summed E-state index contributed by atoms with van der Waals surface area (Å²) in [6.45, 7) is 6.71. The molecule has 0 aliphatic carbocycles. The maximum atomic E-state index is 12.3. The lowest BCUT2D eigenvalue weighted by Gasteiger charge is -2.45. The van der Waals surface area contributed by atoms with E-state index in [1.165, 1.54) is 5.56 Å². The standard InChI is InChI=1S/C23H24ClN3O2/c1-14-12-23(2,3)27(4)19-11-18(24)16(9-17(14)19)13-25-26-22(28)21-10-15-7-5-6-8-20(15)29-21/h5-11,13-14H,12H2,1-4H3,(H,26,28)/b25-13+. The van der Waals surface area contributed by atoms with Gasteiger partial charge in [0.25, 0.3) is 0 Å². The zero-order valence-electron chi connectivity index (χ0n) is 17.0. The van der Waals surface area contributed by atoms with Gasteiger partial charge in [-0.05, 0) is 56.0 Å². The highest BCUT2D eigenvalue weighted by molar-refractivity contribution is 6.33. The Hall–Kier alpha value is -2.79. The molecule has 0 bridgehead atoms. The summed E-state index contributed by atoms with van der Waals surface area (Å²) < 4.78 is 5.56. The second kappa shape index (κ2) is 7.23. The van der Waals surface area contributed by atoms with E-state index < -0.39 is 5.91 Å². The van der Waals surface area contributed by atoms with Crippen LogP contribution >= 0.6 is 11.6 Å². The molecule has 2 heterocycles. The number of halogens is 1. The Kier molecular flexibility index (Phi) is 4.87. The molecule has 4 rings (SSSR count). The van der Waals surface area contributed by atoms with Crippen molar-refractivity contribution >= 4 is 40.4 Å². The van der Waals surface area contributed by atoms with Crippen molar-refractivity contribution < 1.29 is 9.21 Å². The van der Waals surface area contributed by atoms with Crippen LogP contribution in [0.4, 0.5) is 5.69 Å². The van der Waals surface area contributed by atoms with E-state index in [0.717, 1.165) is 23.1 Å². The number of hydrazone groups is 1. The van der Waals surface area contributed by atoms with Gasteiger partial charge in [0, 0.05) is 29.2 Å². The zero-order valence-corrected chi connectivity index (χ0v) is 17.7. The summed E-state index contributed by atoms with van der Waals surface area (Å²) in [5, 5.41) is 5.56. The van der Waals surface area contributed by atoms with Crippen LogP contribution in [0.25, 0.3) is 11.0 Å². The number of hydrogen-bond acceptors (Lipinski definition) is 4. The highest BCUT2D eigenvalue weighted by Gasteiger charge is 2.34. The summed E-state index contributed by atoms with van der Waals surface area (Å²) in [4.78, 5) is 14.6. The van der Waals surface area contributed by atoms with Crippen LogP contribution in [0.2, 0.25) is 5.02 Å². The maximum Gasteiger partial charge on any atom is 0.307 e. The predicted molar refractivity (Wildman–Crippen MR) is 118 cm³/mol. The van der Waals surface area contributed by atoms with Gasteiger partial charge in [0.15, 0.2) is 5.76 Å². The lowest BCUT2D eigenvalue weighted by Crippen LogP contribution is -2.45. The van der Waals surface area contributed by atoms with Crippen molar-refractivity contribution in [3.8, 4) is 0 Å². The third-order valence-electron chi connectivity index (χ3n) is 5.77. The van der Waals surface area contributed by atoms with Gasteiger partial charge >= 0.3 is 5.91 Å². The molecule has 0 saturated heterocycles. The number of anilines is 1. The third kappa shape index (κ3) is 3.62. The molecule has 3 aromatic rings. The van der Waals surface area contributed by atoms with Gasteiger partial charge in [-0.25, -0.2) is 5.43 Å². The van der Waals surface area contributed by atoms with E-state index in [-0.39, 0.29) is 11.3 Å². The number of benzene rings is 2. The molecule has 5 nitrogen and oxygen atoms in total. The number of fused-ring (bicyclic) bond motifs is 2. The Balaban J connectivity index is 1.54. The van der Waals surface area contributed by atoms with E-state index in [0.29, 0.717) is 16.5 Å². The van der Waals surface area contributed by atoms with Crippen LogP contribution in [0.5, 0.6) is 0 Å². The molecule has 1 aliphatic rings. The summed E-state index contributed by atoms with van der Waals surface area (Å²) in [5.74, 6) is 0.226. The van der Waals surface area contributed by atoms with Crippen LogP contribution in [-0.2, 0) is 0 Å². The second-order valence-electron chi connectivity index (χ2n) is 8.26. The topological polar surface area (TPSA) is 57.8 Å². The molecule has 1 aliphatic heterocycles.